The molecule has 2 aliphatic heterocycles. The number of rotatable bonds is 5. The van der Waals surface area contributed by atoms with Crippen LogP contribution in [0.3, 0.4) is 0 Å². The molecule has 4 rings (SSSR count). The average molecular weight is 441 g/mol. The van der Waals surface area contributed by atoms with Crippen LogP contribution in [0.2, 0.25) is 0 Å². The maximum atomic E-state index is 13.4. The zero-order valence-corrected chi connectivity index (χ0v) is 19.1. The van der Waals surface area contributed by atoms with Crippen LogP contribution < -0.4 is 10.2 Å². The lowest BCUT2D eigenvalue weighted by Crippen LogP contribution is -2.58. The molecule has 1 aromatic heterocycles. The fourth-order valence-corrected chi connectivity index (χ4v) is 4.54. The number of nitrogens with zero attached hydrogens (tertiary/aromatic N) is 5. The van der Waals surface area contributed by atoms with Gasteiger partial charge in [-0.25, -0.2) is 4.63 Å². The summed E-state index contributed by atoms with van der Waals surface area (Å²) >= 11 is 0. The number of carbonyl (C=O) groups is 2. The maximum absolute atomic E-state index is 13.4. The van der Waals surface area contributed by atoms with E-state index in [9.17, 15) is 9.59 Å². The number of nitrogens with one attached hydrogen (secondary N) is 1. The van der Waals surface area contributed by atoms with Gasteiger partial charge in [0.25, 0.3) is 5.91 Å². The molecule has 172 valence electrons. The number of likely N-dealkylation sites (N-methyl/N-ethyl adjacent to an activating group) is 1. The summed E-state index contributed by atoms with van der Waals surface area (Å²) in [4.78, 5) is 32.5. The van der Waals surface area contributed by atoms with E-state index in [-0.39, 0.29) is 18.4 Å². The highest BCUT2D eigenvalue weighted by Gasteiger charge is 2.33. The molecule has 0 aliphatic carbocycles. The van der Waals surface area contributed by atoms with Gasteiger partial charge in [-0.3, -0.25) is 14.5 Å². The minimum Gasteiger partial charge on any atom is -0.371 e. The number of benzene rings is 1. The van der Waals surface area contributed by atoms with E-state index in [1.54, 1.807) is 11.8 Å². The zero-order valence-electron chi connectivity index (χ0n) is 19.1. The highest BCUT2D eigenvalue weighted by Crippen LogP contribution is 2.27. The highest BCUT2D eigenvalue weighted by molar-refractivity contribution is 5.97. The van der Waals surface area contributed by atoms with Crippen LogP contribution >= 0.6 is 0 Å². The maximum Gasteiger partial charge on any atom is 0.254 e. The molecule has 0 spiro atoms. The number of piperazine rings is 1. The van der Waals surface area contributed by atoms with E-state index in [1.165, 1.54) is 19.3 Å². The summed E-state index contributed by atoms with van der Waals surface area (Å²) in [5.41, 5.74) is 4.16. The van der Waals surface area contributed by atoms with Gasteiger partial charge in [0.2, 0.25) is 5.91 Å². The molecule has 1 unspecified atom stereocenters. The van der Waals surface area contributed by atoms with Crippen LogP contribution in [0.1, 0.15) is 46.6 Å². The second-order valence-corrected chi connectivity index (χ2v) is 8.76. The summed E-state index contributed by atoms with van der Waals surface area (Å²) in [5, 5.41) is 10.4. The first-order valence-electron chi connectivity index (χ1n) is 11.4. The van der Waals surface area contributed by atoms with E-state index in [1.807, 2.05) is 31.0 Å². The molecule has 9 heteroatoms. The third-order valence-corrected chi connectivity index (χ3v) is 6.65. The van der Waals surface area contributed by atoms with Gasteiger partial charge in [-0.15, -0.1) is 0 Å². The number of aryl methyl sites for hydroxylation is 1. The Morgan fingerprint density at radius 2 is 1.88 bits per heavy atom. The minimum absolute atomic E-state index is 0.0104. The van der Waals surface area contributed by atoms with Gasteiger partial charge in [0.05, 0.1) is 6.54 Å². The minimum atomic E-state index is -0.418. The molecule has 9 nitrogen and oxygen atoms in total. The van der Waals surface area contributed by atoms with Crippen LogP contribution in [-0.2, 0) is 11.3 Å². The number of carbonyl (C=O) groups excluding carboxylic acids is 2. The van der Waals surface area contributed by atoms with Crippen molar-refractivity contribution in [2.75, 3.05) is 44.7 Å². The van der Waals surface area contributed by atoms with Crippen LogP contribution in [0, 0.1) is 13.8 Å². The first-order valence-corrected chi connectivity index (χ1v) is 11.4. The van der Waals surface area contributed by atoms with Gasteiger partial charge in [0.15, 0.2) is 0 Å². The second-order valence-electron chi connectivity index (χ2n) is 8.76. The van der Waals surface area contributed by atoms with Gasteiger partial charge in [0, 0.05) is 44.0 Å². The van der Waals surface area contributed by atoms with Gasteiger partial charge in [-0.2, -0.15) is 0 Å². The first-order chi connectivity index (χ1) is 15.5. The predicted molar refractivity (Wildman–Crippen MR) is 120 cm³/mol. The van der Waals surface area contributed by atoms with E-state index in [4.69, 9.17) is 0 Å². The Hall–Kier alpha value is -2.94. The van der Waals surface area contributed by atoms with Crippen molar-refractivity contribution in [1.29, 1.82) is 0 Å². The molecule has 0 saturated carbocycles. The van der Waals surface area contributed by atoms with Crippen molar-refractivity contribution in [2.24, 2.45) is 0 Å². The van der Waals surface area contributed by atoms with Crippen LogP contribution in [0.5, 0.6) is 0 Å². The van der Waals surface area contributed by atoms with Crippen molar-refractivity contribution >= 4 is 17.5 Å². The van der Waals surface area contributed by atoms with E-state index < -0.39 is 6.04 Å². The Morgan fingerprint density at radius 1 is 1.09 bits per heavy atom. The lowest BCUT2D eigenvalue weighted by molar-refractivity contribution is -0.127. The molecule has 1 atom stereocenters. The summed E-state index contributed by atoms with van der Waals surface area (Å²) in [7, 11) is 1.91. The van der Waals surface area contributed by atoms with E-state index >= 15 is 0 Å². The van der Waals surface area contributed by atoms with E-state index in [0.717, 1.165) is 29.9 Å². The van der Waals surface area contributed by atoms with Gasteiger partial charge in [-0.05, 0) is 57.9 Å². The van der Waals surface area contributed by atoms with Crippen molar-refractivity contribution in [3.05, 3.63) is 40.7 Å². The summed E-state index contributed by atoms with van der Waals surface area (Å²) in [6.07, 6.45) is 3.65. The van der Waals surface area contributed by atoms with E-state index in [0.29, 0.717) is 31.0 Å². The molecule has 0 radical (unpaired) electrons. The molecular formula is C23H32N6O3. The standard InChI is InChI=1S/C23H32N6O3/c1-16-18(8-7-9-20(16)28-10-5-4-6-11-28)23(31)29-13-12-27(3)21(15-29)22(30)24-14-19-17(2)25-32-26-19/h7-9,21H,4-6,10-15H2,1-3H3,(H,24,30). The van der Waals surface area contributed by atoms with Crippen LogP contribution in [0.15, 0.2) is 22.8 Å². The quantitative estimate of drug-likeness (QED) is 0.757. The lowest BCUT2D eigenvalue weighted by Gasteiger charge is -2.39. The first kappa shape index (κ1) is 22.3. The molecule has 1 aromatic carbocycles. The number of piperidine rings is 1. The van der Waals surface area contributed by atoms with Crippen molar-refractivity contribution in [3.63, 3.8) is 0 Å². The summed E-state index contributed by atoms with van der Waals surface area (Å²) in [6, 6.07) is 5.56. The monoisotopic (exact) mass is 440 g/mol. The number of hydrogen-bond acceptors (Lipinski definition) is 7. The molecule has 1 N–H and O–H groups in total. The molecule has 2 saturated heterocycles. The Labute approximate surface area is 188 Å². The fraction of sp³-hybridized carbons (Fsp3) is 0.565. The third-order valence-electron chi connectivity index (χ3n) is 6.65. The molecule has 32 heavy (non-hydrogen) atoms. The summed E-state index contributed by atoms with van der Waals surface area (Å²) in [5.74, 6) is -0.144. The Balaban J connectivity index is 1.45. The van der Waals surface area contributed by atoms with Gasteiger partial charge in [0.1, 0.15) is 17.4 Å². The normalized spacial score (nSPS) is 19.8. The van der Waals surface area contributed by atoms with Crippen molar-refractivity contribution < 1.29 is 14.2 Å². The smallest absolute Gasteiger partial charge is 0.254 e. The predicted octanol–water partition coefficient (Wildman–Crippen LogP) is 1.75. The van der Waals surface area contributed by atoms with Crippen molar-refractivity contribution in [2.45, 2.75) is 45.7 Å². The molecule has 2 aliphatic rings. The Morgan fingerprint density at radius 3 is 2.59 bits per heavy atom. The fourth-order valence-electron chi connectivity index (χ4n) is 4.54. The van der Waals surface area contributed by atoms with Crippen molar-refractivity contribution in [3.8, 4) is 0 Å². The van der Waals surface area contributed by atoms with Gasteiger partial charge in [-0.1, -0.05) is 16.4 Å². The molecular weight excluding hydrogens is 408 g/mol. The molecule has 3 heterocycles. The zero-order chi connectivity index (χ0) is 22.7. The van der Waals surface area contributed by atoms with Gasteiger partial charge < -0.3 is 15.1 Å². The largest absolute Gasteiger partial charge is 0.371 e. The van der Waals surface area contributed by atoms with Gasteiger partial charge >= 0.3 is 0 Å². The Bertz CT molecular complexity index is 968. The van der Waals surface area contributed by atoms with Crippen LogP contribution in [0.25, 0.3) is 0 Å². The molecule has 2 fully saturated rings. The number of aromatic nitrogens is 2. The van der Waals surface area contributed by atoms with Crippen LogP contribution in [0.4, 0.5) is 5.69 Å². The number of amides is 2. The topological polar surface area (TPSA) is 94.8 Å². The SMILES string of the molecule is Cc1nonc1CNC(=O)C1CN(C(=O)c2cccc(N3CCCCC3)c2C)CCN1C. The molecule has 0 bridgehead atoms. The number of anilines is 1. The third kappa shape index (κ3) is 4.62. The van der Waals surface area contributed by atoms with E-state index in [2.05, 4.69) is 31.2 Å². The lowest BCUT2D eigenvalue weighted by atomic mass is 10.0. The number of hydrogen-bond donors (Lipinski definition) is 1. The average Bonchev–Trinajstić information content (AvgIpc) is 3.22. The summed E-state index contributed by atoms with van der Waals surface area (Å²) < 4.78 is 4.69. The molecule has 2 amide bonds. The highest BCUT2D eigenvalue weighted by atomic mass is 16.6. The second kappa shape index (κ2) is 9.68. The van der Waals surface area contributed by atoms with Crippen LogP contribution in [-0.4, -0.2) is 77.7 Å². The van der Waals surface area contributed by atoms with Crippen molar-refractivity contribution in [1.82, 2.24) is 25.4 Å². The summed E-state index contributed by atoms with van der Waals surface area (Å²) in [6.45, 7) is 7.73. The molecule has 2 aromatic rings. The Kier molecular flexibility index (Phi) is 6.74.